The number of phosphoric acid groups is 3. The Balaban J connectivity index is 0.00000936. The average molecular weight is 828 g/mol. The number of fused-ring (bicyclic) bond motifs is 1. The number of nitrogens with one attached hydrogen (secondary N) is 3. The minimum absolute atomic E-state index is 0. The normalized spacial score (nSPS) is 23.1. The smallest absolute Gasteiger partial charge is 0.386 e. The fraction of sp³-hybridized carbons (Fsp3) is 0.708. The maximum absolute atomic E-state index is 12.6. The number of rotatable bonds is 19. The summed E-state index contributed by atoms with van der Waals surface area (Å²) >= 11 is 1.03. The number of nitrogens with two attached hydrogens (primary N) is 1. The van der Waals surface area contributed by atoms with Crippen LogP contribution in [0.15, 0.2) is 11.3 Å². The molecule has 0 bridgehead atoms. The number of aliphatic imine (C=N–C) groups is 1. The number of hydrogen-bond donors (Lipinski definition) is 10. The SMILES string of the molecule is C.CC(=O)SCCNC(=O)CCNC(=O)C(O)C(C)(C)COP(=O)(O)OP(=O)(O)OCC1OC(n2cnc3c2NCN=C3N)C(O)C1OP(=O)(O)O. The van der Waals surface area contributed by atoms with E-state index in [9.17, 15) is 57.9 Å². The molecule has 0 aromatic carbocycles. The van der Waals surface area contributed by atoms with Gasteiger partial charge in [-0.15, -0.1) is 0 Å². The summed E-state index contributed by atoms with van der Waals surface area (Å²) in [6.45, 7) is 1.96. The number of aliphatic hydroxyl groups excluding tert-OH is 2. The molecule has 0 aliphatic carbocycles. The number of imidazole rings is 1. The van der Waals surface area contributed by atoms with Crippen molar-refractivity contribution in [2.45, 2.75) is 65.3 Å². The van der Waals surface area contributed by atoms with E-state index < -0.39 is 84.6 Å². The molecule has 3 rings (SSSR count). The van der Waals surface area contributed by atoms with Crippen LogP contribution in [0.4, 0.5) is 5.82 Å². The molecule has 7 atom stereocenters. The molecule has 11 N–H and O–H groups in total. The zero-order chi connectivity index (χ0) is 38.4. The van der Waals surface area contributed by atoms with Crippen molar-refractivity contribution in [1.82, 2.24) is 20.2 Å². The quantitative estimate of drug-likeness (QED) is 0.0583. The fourth-order valence-corrected chi connectivity index (χ4v) is 7.78. The maximum atomic E-state index is 12.6. The Hall–Kier alpha value is -2.31. The van der Waals surface area contributed by atoms with Crippen molar-refractivity contribution in [2.75, 3.05) is 44.0 Å². The molecule has 7 unspecified atom stereocenters. The number of carbonyl (C=O) groups is 3. The van der Waals surface area contributed by atoms with Gasteiger partial charge in [0.2, 0.25) is 11.8 Å². The van der Waals surface area contributed by atoms with Gasteiger partial charge in [-0.3, -0.25) is 32.5 Å². The minimum Gasteiger partial charge on any atom is -0.386 e. The first-order valence-electron chi connectivity index (χ1n) is 14.7. The molecule has 1 aromatic rings. The van der Waals surface area contributed by atoms with E-state index in [0.29, 0.717) is 5.75 Å². The topological polar surface area (TPSA) is 362 Å². The molecule has 0 spiro atoms. The largest absolute Gasteiger partial charge is 0.481 e. The number of aliphatic hydroxyl groups is 2. The zero-order valence-corrected chi connectivity index (χ0v) is 30.8. The van der Waals surface area contributed by atoms with E-state index in [-0.39, 0.29) is 56.1 Å². The van der Waals surface area contributed by atoms with Crippen LogP contribution in [0.3, 0.4) is 0 Å². The van der Waals surface area contributed by atoms with Crippen LogP contribution in [0.1, 0.15) is 46.5 Å². The van der Waals surface area contributed by atoms with Crippen molar-refractivity contribution >= 4 is 63.8 Å². The molecule has 2 aliphatic rings. The summed E-state index contributed by atoms with van der Waals surface area (Å²) in [6, 6.07) is 0. The number of amidine groups is 1. The van der Waals surface area contributed by atoms with Crippen LogP contribution in [0, 0.1) is 5.41 Å². The molecule has 298 valence electrons. The Labute approximate surface area is 301 Å². The summed E-state index contributed by atoms with van der Waals surface area (Å²) in [5.41, 5.74) is 4.37. The number of ether oxygens (including phenoxy) is 1. The number of phosphoric ester groups is 3. The lowest BCUT2D eigenvalue weighted by Gasteiger charge is -2.30. The first-order valence-corrected chi connectivity index (χ1v) is 20.2. The average Bonchev–Trinajstić information content (AvgIpc) is 3.57. The molecule has 3 heterocycles. The van der Waals surface area contributed by atoms with Crippen molar-refractivity contribution < 1.29 is 80.5 Å². The third-order valence-electron chi connectivity index (χ3n) is 6.95. The number of thioether (sulfide) groups is 1. The molecule has 24 nitrogen and oxygen atoms in total. The van der Waals surface area contributed by atoms with Crippen molar-refractivity contribution in [1.29, 1.82) is 0 Å². The lowest BCUT2D eigenvalue weighted by atomic mass is 9.87. The highest BCUT2D eigenvalue weighted by molar-refractivity contribution is 8.13. The Morgan fingerprint density at radius 3 is 2.44 bits per heavy atom. The second-order valence-corrected chi connectivity index (χ2v) is 17.1. The van der Waals surface area contributed by atoms with Crippen LogP contribution in [0.25, 0.3) is 0 Å². The highest BCUT2D eigenvalue weighted by Crippen LogP contribution is 2.61. The second kappa shape index (κ2) is 18.8. The summed E-state index contributed by atoms with van der Waals surface area (Å²) in [5.74, 6) is -0.779. The van der Waals surface area contributed by atoms with Crippen LogP contribution in [-0.4, -0.2) is 125 Å². The van der Waals surface area contributed by atoms with E-state index in [1.165, 1.54) is 31.7 Å². The zero-order valence-electron chi connectivity index (χ0n) is 27.3. The van der Waals surface area contributed by atoms with Crippen molar-refractivity contribution in [3.05, 3.63) is 12.0 Å². The van der Waals surface area contributed by atoms with Crippen LogP contribution >= 0.6 is 35.2 Å². The van der Waals surface area contributed by atoms with E-state index in [4.69, 9.17) is 19.5 Å². The number of anilines is 1. The number of nitrogens with zero attached hydrogens (tertiary/aromatic N) is 3. The highest BCUT2D eigenvalue weighted by atomic mass is 32.2. The molecule has 28 heteroatoms. The lowest BCUT2D eigenvalue weighted by molar-refractivity contribution is -0.137. The van der Waals surface area contributed by atoms with Gasteiger partial charge in [-0.1, -0.05) is 33.0 Å². The van der Waals surface area contributed by atoms with Gasteiger partial charge in [0.25, 0.3) is 0 Å². The number of hydrogen-bond acceptors (Lipinski definition) is 18. The molecule has 0 saturated carbocycles. The van der Waals surface area contributed by atoms with Gasteiger partial charge in [0.05, 0.1) is 19.5 Å². The van der Waals surface area contributed by atoms with Gasteiger partial charge in [-0.2, -0.15) is 4.31 Å². The van der Waals surface area contributed by atoms with Crippen LogP contribution in [0.5, 0.6) is 0 Å². The predicted octanol–water partition coefficient (Wildman–Crippen LogP) is -1.12. The van der Waals surface area contributed by atoms with E-state index >= 15 is 0 Å². The Kier molecular flexibility index (Phi) is 16.6. The Bertz CT molecular complexity index is 1610. The van der Waals surface area contributed by atoms with Crippen LogP contribution in [-0.2, 0) is 50.7 Å². The lowest BCUT2D eigenvalue weighted by Crippen LogP contribution is -2.46. The number of carbonyl (C=O) groups excluding carboxylic acids is 3. The third kappa shape index (κ3) is 13.5. The third-order valence-corrected chi connectivity index (χ3v) is 10.9. The first-order chi connectivity index (χ1) is 23.5. The molecule has 52 heavy (non-hydrogen) atoms. The van der Waals surface area contributed by atoms with Gasteiger partial charge in [0, 0.05) is 37.6 Å². The minimum atomic E-state index is -5.55. The van der Waals surface area contributed by atoms with E-state index in [0.717, 1.165) is 11.8 Å². The standard InChI is InChI=1S/C23H40N7O17P3S.CH4/c1-12(31)51-7-6-25-14(32)4-5-26-21(35)18(34)23(2,3)9-44-50(41,42)47-49(39,40)43-8-13-17(46-48(36,37)38)16(33)22(45-13)30-11-29-15-19(24)27-10-28-20(15)30;/h11,13,16-18,22,28,33-34H,4-10H2,1-3H3,(H2,24,27)(H,25,32)(H,26,35)(H,39,40)(H,41,42)(H2,36,37,38);1H4. The molecule has 2 amide bonds. The van der Waals surface area contributed by atoms with Gasteiger partial charge >= 0.3 is 23.5 Å². The fourth-order valence-electron chi connectivity index (χ4n) is 4.46. The summed E-state index contributed by atoms with van der Waals surface area (Å²) in [5, 5.41) is 28.9. The van der Waals surface area contributed by atoms with E-state index in [1.807, 2.05) is 0 Å². The van der Waals surface area contributed by atoms with Crippen molar-refractivity contribution in [2.24, 2.45) is 16.1 Å². The molecule has 0 radical (unpaired) electrons. The summed E-state index contributed by atoms with van der Waals surface area (Å²) in [4.78, 5) is 82.2. The van der Waals surface area contributed by atoms with Crippen LogP contribution in [0.2, 0.25) is 0 Å². The maximum Gasteiger partial charge on any atom is 0.481 e. The molecule has 1 saturated heterocycles. The number of aromatic nitrogens is 2. The van der Waals surface area contributed by atoms with Gasteiger partial charge in [-0.05, 0) is 0 Å². The van der Waals surface area contributed by atoms with E-state index in [1.54, 1.807) is 0 Å². The van der Waals surface area contributed by atoms with Crippen LogP contribution < -0.4 is 21.7 Å². The number of amides is 2. The molecule has 1 fully saturated rings. The first kappa shape index (κ1) is 45.8. The Morgan fingerprint density at radius 2 is 1.81 bits per heavy atom. The molecular weight excluding hydrogens is 783 g/mol. The monoisotopic (exact) mass is 827 g/mol. The Morgan fingerprint density at radius 1 is 1.15 bits per heavy atom. The highest BCUT2D eigenvalue weighted by Gasteiger charge is 2.50. The van der Waals surface area contributed by atoms with Gasteiger partial charge < -0.3 is 56.2 Å². The predicted molar refractivity (Wildman–Crippen MR) is 181 cm³/mol. The van der Waals surface area contributed by atoms with Crippen molar-refractivity contribution in [3.63, 3.8) is 0 Å². The summed E-state index contributed by atoms with van der Waals surface area (Å²) in [7, 11) is -16.3. The molecule has 1 aromatic heterocycles. The summed E-state index contributed by atoms with van der Waals surface area (Å²) < 4.78 is 62.0. The van der Waals surface area contributed by atoms with E-state index in [2.05, 4.69) is 34.8 Å². The molecule has 2 aliphatic heterocycles. The van der Waals surface area contributed by atoms with Crippen molar-refractivity contribution in [3.8, 4) is 0 Å². The van der Waals surface area contributed by atoms with Gasteiger partial charge in [0.1, 0.15) is 48.4 Å². The second-order valence-electron chi connectivity index (χ2n) is 11.6. The van der Waals surface area contributed by atoms with Gasteiger partial charge in [-0.25, -0.2) is 23.7 Å². The van der Waals surface area contributed by atoms with Gasteiger partial charge in [0.15, 0.2) is 11.3 Å². The molecular formula is C24H44N7O17P3S. The summed E-state index contributed by atoms with van der Waals surface area (Å²) in [6.07, 6.45) is -7.76.